The first-order valence-corrected chi connectivity index (χ1v) is 11.5. The molecule has 174 valence electrons. The minimum atomic E-state index is -0.135. The summed E-state index contributed by atoms with van der Waals surface area (Å²) >= 11 is 0. The van der Waals surface area contributed by atoms with Crippen LogP contribution in [0.2, 0.25) is 0 Å². The number of nitrogens with zero attached hydrogens (tertiary/aromatic N) is 3. The maximum absolute atomic E-state index is 13.1. The van der Waals surface area contributed by atoms with Crippen LogP contribution in [0.3, 0.4) is 0 Å². The molecule has 0 saturated carbocycles. The van der Waals surface area contributed by atoms with Gasteiger partial charge in [-0.3, -0.25) is 0 Å². The average molecular weight is 457 g/mol. The third-order valence-electron chi connectivity index (χ3n) is 6.22. The number of piperazine rings is 1. The van der Waals surface area contributed by atoms with E-state index in [4.69, 9.17) is 14.5 Å². The molecule has 3 aromatic rings. The zero-order valence-corrected chi connectivity index (χ0v) is 19.6. The number of nitrogens with one attached hydrogen (secondary N) is 1. The van der Waals surface area contributed by atoms with E-state index in [1.54, 1.807) is 7.11 Å². The number of rotatable bonds is 2. The number of urea groups is 1. The van der Waals surface area contributed by atoms with Crippen LogP contribution in [0, 0.1) is 6.92 Å². The van der Waals surface area contributed by atoms with E-state index in [2.05, 4.69) is 30.1 Å². The Bertz CT molecular complexity index is 1260. The Hall–Kier alpha value is -4.00. The predicted molar refractivity (Wildman–Crippen MR) is 134 cm³/mol. The van der Waals surface area contributed by atoms with Gasteiger partial charge < -0.3 is 24.6 Å². The maximum Gasteiger partial charge on any atom is 0.322 e. The van der Waals surface area contributed by atoms with Gasteiger partial charge in [-0.05, 0) is 50.2 Å². The molecule has 34 heavy (non-hydrogen) atoms. The van der Waals surface area contributed by atoms with Gasteiger partial charge in [-0.1, -0.05) is 35.9 Å². The summed E-state index contributed by atoms with van der Waals surface area (Å²) < 4.78 is 11.6. The van der Waals surface area contributed by atoms with Crippen LogP contribution >= 0.6 is 0 Å². The van der Waals surface area contributed by atoms with Gasteiger partial charge in [0.05, 0.1) is 18.4 Å². The molecule has 0 bridgehead atoms. The third kappa shape index (κ3) is 4.17. The Balaban J connectivity index is 1.39. The highest BCUT2D eigenvalue weighted by Crippen LogP contribution is 2.38. The summed E-state index contributed by atoms with van der Waals surface area (Å²) in [6, 6.07) is 21.3. The van der Waals surface area contributed by atoms with E-state index in [0.29, 0.717) is 31.1 Å². The molecule has 5 rings (SSSR count). The lowest BCUT2D eigenvalue weighted by Gasteiger charge is -2.41. The summed E-state index contributed by atoms with van der Waals surface area (Å²) in [7, 11) is 1.60. The number of aliphatic imine (C=N–C) groups is 1. The minimum Gasteiger partial charge on any atom is -0.495 e. The van der Waals surface area contributed by atoms with Crippen molar-refractivity contribution in [3.63, 3.8) is 0 Å². The van der Waals surface area contributed by atoms with Gasteiger partial charge in [-0.15, -0.1) is 0 Å². The highest BCUT2D eigenvalue weighted by molar-refractivity contribution is 6.04. The molecule has 0 spiro atoms. The summed E-state index contributed by atoms with van der Waals surface area (Å²) in [5.41, 5.74) is 3.57. The van der Waals surface area contributed by atoms with Crippen LogP contribution in [0.1, 0.15) is 18.1 Å². The van der Waals surface area contributed by atoms with Crippen LogP contribution in [0.5, 0.6) is 17.2 Å². The van der Waals surface area contributed by atoms with Crippen molar-refractivity contribution in [2.24, 2.45) is 4.99 Å². The van der Waals surface area contributed by atoms with Crippen molar-refractivity contribution in [3.8, 4) is 17.2 Å². The molecule has 2 aliphatic heterocycles. The van der Waals surface area contributed by atoms with Gasteiger partial charge in [-0.2, -0.15) is 0 Å². The second-order valence-electron chi connectivity index (χ2n) is 8.62. The van der Waals surface area contributed by atoms with Crippen LogP contribution in [-0.4, -0.2) is 54.5 Å². The number of benzene rings is 3. The topological polar surface area (TPSA) is 66.4 Å². The normalized spacial score (nSPS) is 17.0. The highest BCUT2D eigenvalue weighted by Gasteiger charge is 2.32. The molecule has 7 nitrogen and oxygen atoms in total. The van der Waals surface area contributed by atoms with E-state index in [-0.39, 0.29) is 12.1 Å². The molecule has 0 radical (unpaired) electrons. The first-order valence-electron chi connectivity index (χ1n) is 11.5. The zero-order valence-electron chi connectivity index (χ0n) is 19.6. The lowest BCUT2D eigenvalue weighted by molar-refractivity contribution is 0.144. The molecular formula is C27H28N4O3. The van der Waals surface area contributed by atoms with Crippen molar-refractivity contribution in [2.45, 2.75) is 19.9 Å². The van der Waals surface area contributed by atoms with Crippen molar-refractivity contribution in [1.29, 1.82) is 0 Å². The van der Waals surface area contributed by atoms with E-state index >= 15 is 0 Å². The van der Waals surface area contributed by atoms with Crippen LogP contribution in [0.25, 0.3) is 0 Å². The van der Waals surface area contributed by atoms with Crippen molar-refractivity contribution < 1.29 is 14.3 Å². The van der Waals surface area contributed by atoms with Crippen molar-refractivity contribution >= 4 is 23.2 Å². The second-order valence-corrected chi connectivity index (χ2v) is 8.62. The molecule has 2 heterocycles. The average Bonchev–Trinajstić information content (AvgIpc) is 3.00. The van der Waals surface area contributed by atoms with Gasteiger partial charge in [0.15, 0.2) is 5.75 Å². The second kappa shape index (κ2) is 9.09. The van der Waals surface area contributed by atoms with Gasteiger partial charge in [0, 0.05) is 25.7 Å². The number of hydrogen-bond acceptors (Lipinski definition) is 5. The number of hydrogen-bond donors (Lipinski definition) is 1. The Morgan fingerprint density at radius 2 is 1.85 bits per heavy atom. The number of methoxy groups -OCH3 is 1. The number of carbonyl (C=O) groups excluding carboxylic acids is 1. The first-order chi connectivity index (χ1) is 16.5. The van der Waals surface area contributed by atoms with E-state index in [0.717, 1.165) is 34.1 Å². The van der Waals surface area contributed by atoms with Crippen LogP contribution in [-0.2, 0) is 0 Å². The molecule has 0 aliphatic carbocycles. The number of para-hydroxylation sites is 4. The molecule has 7 heteroatoms. The van der Waals surface area contributed by atoms with Crippen molar-refractivity contribution in [1.82, 2.24) is 9.80 Å². The van der Waals surface area contributed by atoms with Gasteiger partial charge >= 0.3 is 6.03 Å². The Labute approximate surface area is 199 Å². The van der Waals surface area contributed by atoms with Crippen molar-refractivity contribution in [3.05, 3.63) is 77.9 Å². The standard InChI is InChI=1S/C27H28N4O3/c1-18-12-13-23-20(16-18)26(28-22-9-5-7-11-25(22)34-23)30-14-15-31(19(2)17-30)27(32)29-21-8-4-6-10-24(21)33-3/h4-13,16,19H,14-15,17H2,1-3H3,(H,29,32)/t19-/m1/s1. The molecule has 0 unspecified atom stereocenters. The molecule has 1 atom stereocenters. The molecule has 1 saturated heterocycles. The molecule has 3 aromatic carbocycles. The number of ether oxygens (including phenoxy) is 2. The smallest absolute Gasteiger partial charge is 0.322 e. The molecule has 1 fully saturated rings. The highest BCUT2D eigenvalue weighted by atomic mass is 16.5. The van der Waals surface area contributed by atoms with Crippen LogP contribution in [0.15, 0.2) is 71.7 Å². The van der Waals surface area contributed by atoms with Gasteiger partial charge in [0.25, 0.3) is 0 Å². The SMILES string of the molecule is COc1ccccc1NC(=O)N1CCN(C2=Nc3ccccc3Oc3ccc(C)cc32)C[C@H]1C. The van der Waals surface area contributed by atoms with Crippen LogP contribution < -0.4 is 14.8 Å². The first kappa shape index (κ1) is 21.8. The number of amides is 2. The molecule has 2 amide bonds. The van der Waals surface area contributed by atoms with E-state index in [9.17, 15) is 4.79 Å². The largest absolute Gasteiger partial charge is 0.495 e. The van der Waals surface area contributed by atoms with Gasteiger partial charge in [0.2, 0.25) is 0 Å². The van der Waals surface area contributed by atoms with Crippen LogP contribution in [0.4, 0.5) is 16.2 Å². The third-order valence-corrected chi connectivity index (χ3v) is 6.22. The number of carbonyl (C=O) groups is 1. The molecular weight excluding hydrogens is 428 g/mol. The fourth-order valence-corrected chi connectivity index (χ4v) is 4.46. The number of fused-ring (bicyclic) bond motifs is 2. The summed E-state index contributed by atoms with van der Waals surface area (Å²) in [5.74, 6) is 3.05. The Morgan fingerprint density at radius 1 is 1.06 bits per heavy atom. The predicted octanol–water partition coefficient (Wildman–Crippen LogP) is 5.43. The summed E-state index contributed by atoms with van der Waals surface area (Å²) in [6.45, 7) is 6.03. The monoisotopic (exact) mass is 456 g/mol. The summed E-state index contributed by atoms with van der Waals surface area (Å²) in [5, 5.41) is 3.00. The van der Waals surface area contributed by atoms with Crippen molar-refractivity contribution in [2.75, 3.05) is 32.1 Å². The lowest BCUT2D eigenvalue weighted by atomic mass is 10.1. The minimum absolute atomic E-state index is 0.0150. The van der Waals surface area contributed by atoms with Gasteiger partial charge in [-0.25, -0.2) is 9.79 Å². The molecule has 1 N–H and O–H groups in total. The zero-order chi connectivity index (χ0) is 23.7. The van der Waals surface area contributed by atoms with E-state index in [1.807, 2.05) is 65.6 Å². The fraction of sp³-hybridized carbons (Fsp3) is 0.259. The van der Waals surface area contributed by atoms with E-state index < -0.39 is 0 Å². The van der Waals surface area contributed by atoms with Gasteiger partial charge in [0.1, 0.15) is 23.0 Å². The lowest BCUT2D eigenvalue weighted by Crippen LogP contribution is -2.56. The number of amidine groups is 1. The summed E-state index contributed by atoms with van der Waals surface area (Å²) in [6.07, 6.45) is 0. The molecule has 2 aliphatic rings. The Kier molecular flexibility index (Phi) is 5.84. The van der Waals surface area contributed by atoms with E-state index in [1.165, 1.54) is 0 Å². The fourth-order valence-electron chi connectivity index (χ4n) is 4.46. The quantitative estimate of drug-likeness (QED) is 0.559. The Morgan fingerprint density at radius 3 is 2.68 bits per heavy atom. The molecule has 0 aromatic heterocycles. The maximum atomic E-state index is 13.1. The number of aryl methyl sites for hydroxylation is 1. The number of anilines is 1. The summed E-state index contributed by atoms with van der Waals surface area (Å²) in [4.78, 5) is 22.2.